The van der Waals surface area contributed by atoms with Gasteiger partial charge >= 0.3 is 0 Å². The Labute approximate surface area is 109 Å². The molecule has 4 N–H and O–H groups in total. The van der Waals surface area contributed by atoms with Gasteiger partial charge in [-0.3, -0.25) is 0 Å². The third-order valence-electron chi connectivity index (χ3n) is 3.03. The largest absolute Gasteiger partial charge is 0.394 e. The number of nitrogen functional groups attached to an aromatic ring is 1. The average molecular weight is 252 g/mol. The monoisotopic (exact) mass is 252 g/mol. The summed E-state index contributed by atoms with van der Waals surface area (Å²) >= 11 is 0. The molecule has 5 heteroatoms. The minimum atomic E-state index is -0.0209. The molecule has 1 atom stereocenters. The molecule has 0 saturated carbocycles. The van der Waals surface area contributed by atoms with Crippen molar-refractivity contribution in [2.75, 3.05) is 17.7 Å². The minimum Gasteiger partial charge on any atom is -0.394 e. The highest BCUT2D eigenvalue weighted by Crippen LogP contribution is 2.20. The van der Waals surface area contributed by atoms with E-state index in [1.165, 1.54) is 0 Å². The molecule has 1 aromatic heterocycles. The van der Waals surface area contributed by atoms with Crippen LogP contribution in [0.3, 0.4) is 0 Å². The number of nitrogens with two attached hydrogens (primary N) is 1. The van der Waals surface area contributed by atoms with Crippen molar-refractivity contribution in [1.29, 1.82) is 0 Å². The predicted molar refractivity (Wildman–Crippen MR) is 74.5 cm³/mol. The van der Waals surface area contributed by atoms with Gasteiger partial charge in [0.25, 0.3) is 0 Å². The lowest BCUT2D eigenvalue weighted by Crippen LogP contribution is -2.30. The molecule has 1 aromatic rings. The molecular formula is C13H24N4O. The lowest BCUT2D eigenvalue weighted by atomic mass is 10.1. The fourth-order valence-electron chi connectivity index (χ4n) is 1.66. The lowest BCUT2D eigenvalue weighted by molar-refractivity contribution is 0.249. The Morgan fingerprint density at radius 2 is 2.00 bits per heavy atom. The summed E-state index contributed by atoms with van der Waals surface area (Å²) in [5.74, 6) is 2.32. The van der Waals surface area contributed by atoms with Gasteiger partial charge in [-0.15, -0.1) is 0 Å². The van der Waals surface area contributed by atoms with Gasteiger partial charge in [0, 0.05) is 12.0 Å². The Morgan fingerprint density at radius 1 is 1.33 bits per heavy atom. The molecular weight excluding hydrogens is 228 g/mol. The molecule has 0 radical (unpaired) electrons. The number of anilines is 2. The van der Waals surface area contributed by atoms with Crippen molar-refractivity contribution in [3.8, 4) is 0 Å². The van der Waals surface area contributed by atoms with Crippen LogP contribution in [-0.4, -0.2) is 27.7 Å². The number of hydrogen-bond acceptors (Lipinski definition) is 5. The Morgan fingerprint density at radius 3 is 2.50 bits per heavy atom. The number of aryl methyl sites for hydroxylation is 1. The molecule has 0 unspecified atom stereocenters. The van der Waals surface area contributed by atoms with Crippen LogP contribution in [0.2, 0.25) is 0 Å². The summed E-state index contributed by atoms with van der Waals surface area (Å²) in [5.41, 5.74) is 6.73. The summed E-state index contributed by atoms with van der Waals surface area (Å²) in [6.07, 6.45) is 1.79. The van der Waals surface area contributed by atoms with Gasteiger partial charge in [0.15, 0.2) is 0 Å². The summed E-state index contributed by atoms with van der Waals surface area (Å²) in [5, 5.41) is 12.6. The van der Waals surface area contributed by atoms with E-state index in [0.29, 0.717) is 11.7 Å². The highest BCUT2D eigenvalue weighted by atomic mass is 16.3. The van der Waals surface area contributed by atoms with E-state index in [1.54, 1.807) is 0 Å². The summed E-state index contributed by atoms with van der Waals surface area (Å²) < 4.78 is 0. The van der Waals surface area contributed by atoms with Crippen molar-refractivity contribution in [2.24, 2.45) is 5.92 Å². The van der Waals surface area contributed by atoms with Gasteiger partial charge in [-0.25, -0.2) is 9.97 Å². The number of nitrogens with one attached hydrogen (secondary N) is 1. The van der Waals surface area contributed by atoms with Crippen molar-refractivity contribution < 1.29 is 5.11 Å². The quantitative estimate of drug-likeness (QED) is 0.718. The molecule has 18 heavy (non-hydrogen) atoms. The molecule has 0 amide bonds. The molecule has 0 aromatic carbocycles. The van der Waals surface area contributed by atoms with Gasteiger partial charge in [-0.1, -0.05) is 20.8 Å². The van der Waals surface area contributed by atoms with Crippen LogP contribution < -0.4 is 11.1 Å². The van der Waals surface area contributed by atoms with E-state index in [2.05, 4.69) is 36.1 Å². The number of aliphatic hydroxyl groups is 1. The third kappa shape index (κ3) is 3.57. The number of hydrogen-bond donors (Lipinski definition) is 3. The zero-order chi connectivity index (χ0) is 13.7. The van der Waals surface area contributed by atoms with Crippen LogP contribution in [0.25, 0.3) is 0 Å². The molecule has 1 heterocycles. The molecule has 0 bridgehead atoms. The van der Waals surface area contributed by atoms with Crippen LogP contribution in [0.15, 0.2) is 0 Å². The van der Waals surface area contributed by atoms with Crippen molar-refractivity contribution in [3.05, 3.63) is 11.4 Å². The predicted octanol–water partition coefficient (Wildman–Crippen LogP) is 1.75. The van der Waals surface area contributed by atoms with E-state index in [4.69, 9.17) is 5.73 Å². The zero-order valence-electron chi connectivity index (χ0n) is 11.7. The third-order valence-corrected chi connectivity index (χ3v) is 3.03. The highest BCUT2D eigenvalue weighted by Gasteiger charge is 2.15. The molecule has 5 nitrogen and oxygen atoms in total. The van der Waals surface area contributed by atoms with Crippen LogP contribution >= 0.6 is 0 Å². The van der Waals surface area contributed by atoms with Crippen LogP contribution in [0.4, 0.5) is 11.6 Å². The summed E-state index contributed by atoms with van der Waals surface area (Å²) in [6.45, 7) is 8.16. The first-order valence-corrected chi connectivity index (χ1v) is 6.49. The maximum absolute atomic E-state index is 9.35. The number of aromatic nitrogens is 2. The summed E-state index contributed by atoms with van der Waals surface area (Å²) in [7, 11) is 0. The van der Waals surface area contributed by atoms with Crippen molar-refractivity contribution in [1.82, 2.24) is 9.97 Å². The number of rotatable bonds is 6. The molecule has 0 fully saturated rings. The molecule has 0 aliphatic heterocycles. The molecule has 102 valence electrons. The fraction of sp³-hybridized carbons (Fsp3) is 0.692. The van der Waals surface area contributed by atoms with Crippen LogP contribution in [-0.2, 0) is 6.42 Å². The number of nitrogens with zero attached hydrogens (tertiary/aromatic N) is 2. The first-order chi connectivity index (χ1) is 8.49. The van der Waals surface area contributed by atoms with Crippen LogP contribution in [0.1, 0.15) is 38.6 Å². The maximum atomic E-state index is 9.35. The highest BCUT2D eigenvalue weighted by molar-refractivity contribution is 5.55. The van der Waals surface area contributed by atoms with Crippen molar-refractivity contribution in [2.45, 2.75) is 46.6 Å². The van der Waals surface area contributed by atoms with Crippen LogP contribution in [0, 0.1) is 12.8 Å². The minimum absolute atomic E-state index is 0.0209. The van der Waals surface area contributed by atoms with Gasteiger partial charge < -0.3 is 16.2 Å². The smallest absolute Gasteiger partial charge is 0.135 e. The first kappa shape index (κ1) is 14.7. The Balaban J connectivity index is 2.99. The number of aliphatic hydroxyl groups excluding tert-OH is 1. The topological polar surface area (TPSA) is 84.1 Å². The van der Waals surface area contributed by atoms with Crippen molar-refractivity contribution >= 4 is 11.6 Å². The SMILES string of the molecule is CCCc1nc(N)c(C)c(N[C@H](CO)C(C)C)n1. The van der Waals surface area contributed by atoms with E-state index < -0.39 is 0 Å². The Bertz CT molecular complexity index is 393. The molecule has 1 rings (SSSR count). The Hall–Kier alpha value is -1.36. The lowest BCUT2D eigenvalue weighted by Gasteiger charge is -2.22. The van der Waals surface area contributed by atoms with E-state index in [9.17, 15) is 5.11 Å². The van der Waals surface area contributed by atoms with Gasteiger partial charge in [-0.2, -0.15) is 0 Å². The van der Waals surface area contributed by atoms with Gasteiger partial charge in [-0.05, 0) is 19.3 Å². The normalized spacial score (nSPS) is 12.8. The Kier molecular flexibility index (Phi) is 5.34. The molecule has 0 spiro atoms. The zero-order valence-corrected chi connectivity index (χ0v) is 11.7. The second kappa shape index (κ2) is 6.54. The van der Waals surface area contributed by atoms with Gasteiger partial charge in [0.1, 0.15) is 17.5 Å². The fourth-order valence-corrected chi connectivity index (χ4v) is 1.66. The second-order valence-corrected chi connectivity index (χ2v) is 4.93. The van der Waals surface area contributed by atoms with E-state index in [0.717, 1.165) is 30.0 Å². The van der Waals surface area contributed by atoms with Crippen molar-refractivity contribution in [3.63, 3.8) is 0 Å². The molecule has 0 saturated heterocycles. The standard InChI is InChI=1S/C13H24N4O/c1-5-6-11-16-12(14)9(4)13(17-11)15-10(7-18)8(2)3/h8,10,18H,5-7H2,1-4H3,(H3,14,15,16,17)/t10-/m1/s1. The molecule has 0 aliphatic carbocycles. The summed E-state index contributed by atoms with van der Waals surface area (Å²) in [4.78, 5) is 8.74. The second-order valence-electron chi connectivity index (χ2n) is 4.93. The maximum Gasteiger partial charge on any atom is 0.135 e. The van der Waals surface area contributed by atoms with Gasteiger partial charge in [0.2, 0.25) is 0 Å². The van der Waals surface area contributed by atoms with E-state index in [-0.39, 0.29) is 12.6 Å². The average Bonchev–Trinajstić information content (AvgIpc) is 2.31. The first-order valence-electron chi connectivity index (χ1n) is 6.49. The van der Waals surface area contributed by atoms with E-state index >= 15 is 0 Å². The van der Waals surface area contributed by atoms with Gasteiger partial charge in [0.05, 0.1) is 12.6 Å². The van der Waals surface area contributed by atoms with Crippen LogP contribution in [0.5, 0.6) is 0 Å². The van der Waals surface area contributed by atoms with E-state index in [1.807, 2.05) is 6.92 Å². The summed E-state index contributed by atoms with van der Waals surface area (Å²) in [6, 6.07) is -0.0209. The molecule has 0 aliphatic rings.